The first-order valence-corrected chi connectivity index (χ1v) is 6.35. The summed E-state index contributed by atoms with van der Waals surface area (Å²) in [6.45, 7) is 2.10. The van der Waals surface area contributed by atoms with Crippen LogP contribution in [0, 0.1) is 0 Å². The average molecular weight is 282 g/mol. The molecule has 0 fully saturated rings. The molecule has 0 aliphatic rings. The minimum absolute atomic E-state index is 0.184. The molecule has 0 aliphatic carbocycles. The second-order valence-electron chi connectivity index (χ2n) is 4.34. The first-order chi connectivity index (χ1) is 9.53. The van der Waals surface area contributed by atoms with Crippen LogP contribution in [-0.2, 0) is 11.2 Å². The van der Waals surface area contributed by atoms with E-state index in [9.17, 15) is 4.79 Å². The highest BCUT2D eigenvalue weighted by Gasteiger charge is 2.14. The lowest BCUT2D eigenvalue weighted by molar-refractivity contribution is -0.121. The Morgan fingerprint density at radius 2 is 1.75 bits per heavy atom. The van der Waals surface area contributed by atoms with Gasteiger partial charge >= 0.3 is 0 Å². The average Bonchev–Trinajstić information content (AvgIpc) is 2.46. The lowest BCUT2D eigenvalue weighted by Crippen LogP contribution is -2.39. The van der Waals surface area contributed by atoms with E-state index in [1.54, 1.807) is 40.4 Å². The maximum atomic E-state index is 11.4. The zero-order chi connectivity index (χ0) is 15.1. The number of nitrogens with one attached hydrogen (secondary N) is 1. The molecule has 0 heterocycles. The fourth-order valence-corrected chi connectivity index (χ4v) is 1.80. The molecule has 20 heavy (non-hydrogen) atoms. The normalized spacial score (nSPS) is 11.7. The van der Waals surface area contributed by atoms with Crippen LogP contribution in [0.15, 0.2) is 12.1 Å². The second kappa shape index (κ2) is 7.59. The standard InChI is InChI=1S/C14H22N2O4/c1-9(15)14(17)16-6-5-11-12(19-3)7-10(18-2)8-13(11)20-4/h7-9H,5-6,15H2,1-4H3,(H,16,17)/t9-/m1/s1. The Bertz CT molecular complexity index is 435. The maximum absolute atomic E-state index is 11.4. The molecule has 112 valence electrons. The second-order valence-corrected chi connectivity index (χ2v) is 4.34. The van der Waals surface area contributed by atoms with Gasteiger partial charge in [0, 0.05) is 24.2 Å². The van der Waals surface area contributed by atoms with Gasteiger partial charge in [0.25, 0.3) is 0 Å². The Morgan fingerprint density at radius 1 is 1.20 bits per heavy atom. The monoisotopic (exact) mass is 282 g/mol. The van der Waals surface area contributed by atoms with Crippen LogP contribution in [-0.4, -0.2) is 39.8 Å². The number of methoxy groups -OCH3 is 3. The molecule has 6 nitrogen and oxygen atoms in total. The summed E-state index contributed by atoms with van der Waals surface area (Å²) in [7, 11) is 4.74. The van der Waals surface area contributed by atoms with E-state index < -0.39 is 6.04 Å². The van der Waals surface area contributed by atoms with Gasteiger partial charge in [-0.15, -0.1) is 0 Å². The van der Waals surface area contributed by atoms with Crippen molar-refractivity contribution < 1.29 is 19.0 Å². The summed E-state index contributed by atoms with van der Waals surface area (Å²) in [5.74, 6) is 1.80. The minimum Gasteiger partial charge on any atom is -0.496 e. The molecule has 6 heteroatoms. The van der Waals surface area contributed by atoms with Gasteiger partial charge in [-0.3, -0.25) is 4.79 Å². The number of hydrogen-bond acceptors (Lipinski definition) is 5. The third kappa shape index (κ3) is 4.03. The van der Waals surface area contributed by atoms with Crippen molar-refractivity contribution in [3.05, 3.63) is 17.7 Å². The molecular formula is C14H22N2O4. The molecule has 3 N–H and O–H groups in total. The molecule has 1 rings (SSSR count). The summed E-state index contributed by atoms with van der Waals surface area (Å²) in [4.78, 5) is 11.4. The third-order valence-electron chi connectivity index (χ3n) is 2.90. The molecule has 0 saturated heterocycles. The van der Waals surface area contributed by atoms with Crippen molar-refractivity contribution in [1.29, 1.82) is 0 Å². The van der Waals surface area contributed by atoms with E-state index in [4.69, 9.17) is 19.9 Å². The molecule has 0 radical (unpaired) electrons. The van der Waals surface area contributed by atoms with E-state index >= 15 is 0 Å². The van der Waals surface area contributed by atoms with Gasteiger partial charge in [0.2, 0.25) is 5.91 Å². The van der Waals surface area contributed by atoms with Crippen molar-refractivity contribution in [3.8, 4) is 17.2 Å². The van der Waals surface area contributed by atoms with Gasteiger partial charge in [0.05, 0.1) is 27.4 Å². The molecule has 1 amide bonds. The topological polar surface area (TPSA) is 82.8 Å². The molecule has 0 bridgehead atoms. The fraction of sp³-hybridized carbons (Fsp3) is 0.500. The fourth-order valence-electron chi connectivity index (χ4n) is 1.80. The number of carbonyl (C=O) groups excluding carboxylic acids is 1. The molecule has 0 unspecified atom stereocenters. The van der Waals surface area contributed by atoms with Gasteiger partial charge in [-0.25, -0.2) is 0 Å². The minimum atomic E-state index is -0.519. The summed E-state index contributed by atoms with van der Waals surface area (Å²) < 4.78 is 15.9. The van der Waals surface area contributed by atoms with Crippen LogP contribution in [0.1, 0.15) is 12.5 Å². The number of amides is 1. The van der Waals surface area contributed by atoms with Gasteiger partial charge < -0.3 is 25.3 Å². The Hall–Kier alpha value is -1.95. The van der Waals surface area contributed by atoms with E-state index in [0.717, 1.165) is 5.56 Å². The molecule has 1 aromatic carbocycles. The number of ether oxygens (including phenoxy) is 3. The highest BCUT2D eigenvalue weighted by atomic mass is 16.5. The summed E-state index contributed by atoms with van der Waals surface area (Å²) in [6.07, 6.45) is 0.578. The van der Waals surface area contributed by atoms with Crippen LogP contribution in [0.25, 0.3) is 0 Å². The highest BCUT2D eigenvalue weighted by Crippen LogP contribution is 2.34. The predicted octanol–water partition coefficient (Wildman–Crippen LogP) is 0.718. The summed E-state index contributed by atoms with van der Waals surface area (Å²) in [6, 6.07) is 3.05. The van der Waals surface area contributed by atoms with Gasteiger partial charge in [-0.1, -0.05) is 0 Å². The Labute approximate surface area is 119 Å². The van der Waals surface area contributed by atoms with E-state index in [0.29, 0.717) is 30.2 Å². The zero-order valence-electron chi connectivity index (χ0n) is 12.4. The van der Waals surface area contributed by atoms with Gasteiger partial charge in [-0.2, -0.15) is 0 Å². The molecular weight excluding hydrogens is 260 g/mol. The van der Waals surface area contributed by atoms with Crippen molar-refractivity contribution in [3.63, 3.8) is 0 Å². The van der Waals surface area contributed by atoms with E-state index in [1.807, 2.05) is 0 Å². The Kier molecular flexibility index (Phi) is 6.11. The SMILES string of the molecule is COc1cc(OC)c(CCNC(=O)[C@@H](C)N)c(OC)c1. The smallest absolute Gasteiger partial charge is 0.236 e. The van der Waals surface area contributed by atoms with Crippen LogP contribution < -0.4 is 25.3 Å². The predicted molar refractivity (Wildman–Crippen MR) is 76.5 cm³/mol. The summed E-state index contributed by atoms with van der Waals surface area (Å²) >= 11 is 0. The van der Waals surface area contributed by atoms with E-state index in [1.165, 1.54) is 0 Å². The number of hydrogen-bond donors (Lipinski definition) is 2. The highest BCUT2D eigenvalue weighted by molar-refractivity contribution is 5.80. The van der Waals surface area contributed by atoms with Crippen LogP contribution in [0.2, 0.25) is 0 Å². The number of rotatable bonds is 7. The molecule has 1 atom stereocenters. The number of nitrogens with two attached hydrogens (primary N) is 1. The van der Waals surface area contributed by atoms with Crippen LogP contribution >= 0.6 is 0 Å². The van der Waals surface area contributed by atoms with Crippen LogP contribution in [0.5, 0.6) is 17.2 Å². The number of carbonyl (C=O) groups is 1. The lowest BCUT2D eigenvalue weighted by Gasteiger charge is -2.15. The first-order valence-electron chi connectivity index (χ1n) is 6.35. The van der Waals surface area contributed by atoms with Crippen molar-refractivity contribution >= 4 is 5.91 Å². The third-order valence-corrected chi connectivity index (χ3v) is 2.90. The first kappa shape index (κ1) is 16.1. The van der Waals surface area contributed by atoms with Crippen molar-refractivity contribution in [2.75, 3.05) is 27.9 Å². The molecule has 1 aromatic rings. The quantitative estimate of drug-likeness (QED) is 0.770. The van der Waals surface area contributed by atoms with Crippen molar-refractivity contribution in [1.82, 2.24) is 5.32 Å². The molecule has 0 spiro atoms. The number of benzene rings is 1. The van der Waals surface area contributed by atoms with Crippen LogP contribution in [0.4, 0.5) is 0 Å². The largest absolute Gasteiger partial charge is 0.496 e. The van der Waals surface area contributed by atoms with E-state index in [2.05, 4.69) is 5.32 Å². The van der Waals surface area contributed by atoms with Crippen LogP contribution in [0.3, 0.4) is 0 Å². The Morgan fingerprint density at radius 3 is 2.15 bits per heavy atom. The molecule has 0 aromatic heterocycles. The van der Waals surface area contributed by atoms with Gasteiger partial charge in [-0.05, 0) is 13.3 Å². The van der Waals surface area contributed by atoms with Crippen molar-refractivity contribution in [2.24, 2.45) is 5.73 Å². The van der Waals surface area contributed by atoms with Gasteiger partial charge in [0.15, 0.2) is 0 Å². The zero-order valence-corrected chi connectivity index (χ0v) is 12.4. The summed E-state index contributed by atoms with van der Waals surface area (Å²) in [5, 5.41) is 2.76. The van der Waals surface area contributed by atoms with E-state index in [-0.39, 0.29) is 5.91 Å². The van der Waals surface area contributed by atoms with Crippen molar-refractivity contribution in [2.45, 2.75) is 19.4 Å². The summed E-state index contributed by atoms with van der Waals surface area (Å²) in [5.41, 5.74) is 6.36. The maximum Gasteiger partial charge on any atom is 0.236 e. The Balaban J connectivity index is 2.84. The molecule has 0 saturated carbocycles. The lowest BCUT2D eigenvalue weighted by atomic mass is 10.1. The van der Waals surface area contributed by atoms with Gasteiger partial charge in [0.1, 0.15) is 17.2 Å². The molecule has 0 aliphatic heterocycles.